The summed E-state index contributed by atoms with van der Waals surface area (Å²) in [4.78, 5) is 30.5. The number of likely N-dealkylation sites (N-methyl/N-ethyl adjacent to an activating group) is 1. The van der Waals surface area contributed by atoms with E-state index in [2.05, 4.69) is 41.6 Å². The number of hydrogen-bond acceptors (Lipinski definition) is 5. The summed E-state index contributed by atoms with van der Waals surface area (Å²) in [5.41, 5.74) is 2.08. The lowest BCUT2D eigenvalue weighted by Gasteiger charge is -2.38. The molecule has 2 aliphatic rings. The maximum Gasteiger partial charge on any atom is 0.319 e. The standard InChI is InChI=1S/C30H42N4O4/c1-21-17-34(22(2)20-35)29(36)25-15-10-16-26(32-30(37)31-24-13-8-5-9-14-24)28(25)38-27(21)19-33(3)18-23-11-6-4-7-12-23/h4,6-7,10-12,15-16,21-22,24,27,35H,5,8-9,13-14,17-20H2,1-3H3,(H2,31,32,37)/t21-,22+,27-/m0/s1. The molecule has 0 unspecified atom stereocenters. The third-order valence-corrected chi connectivity index (χ3v) is 7.67. The van der Waals surface area contributed by atoms with Crippen LogP contribution in [0.2, 0.25) is 0 Å². The third-order valence-electron chi connectivity index (χ3n) is 7.67. The van der Waals surface area contributed by atoms with Crippen molar-refractivity contribution in [2.24, 2.45) is 5.92 Å². The molecular formula is C30H42N4O4. The van der Waals surface area contributed by atoms with Gasteiger partial charge in [0, 0.05) is 31.6 Å². The minimum absolute atomic E-state index is 0.0107. The maximum absolute atomic E-state index is 13.7. The molecule has 8 nitrogen and oxygen atoms in total. The van der Waals surface area contributed by atoms with E-state index in [0.29, 0.717) is 30.1 Å². The van der Waals surface area contributed by atoms with Crippen LogP contribution in [0, 0.1) is 5.92 Å². The lowest BCUT2D eigenvalue weighted by molar-refractivity contribution is 0.0343. The van der Waals surface area contributed by atoms with Gasteiger partial charge in [-0.25, -0.2) is 4.79 Å². The highest BCUT2D eigenvalue weighted by atomic mass is 16.5. The van der Waals surface area contributed by atoms with Crippen LogP contribution in [0.25, 0.3) is 0 Å². The number of carbonyl (C=O) groups excluding carboxylic acids is 2. The lowest BCUT2D eigenvalue weighted by Crippen LogP contribution is -2.49. The first-order chi connectivity index (χ1) is 18.4. The van der Waals surface area contributed by atoms with Crippen LogP contribution in [-0.4, -0.2) is 71.8 Å². The minimum atomic E-state index is -0.343. The average molecular weight is 523 g/mol. The van der Waals surface area contributed by atoms with Gasteiger partial charge in [-0.2, -0.15) is 0 Å². The van der Waals surface area contributed by atoms with Gasteiger partial charge in [0.2, 0.25) is 0 Å². The fourth-order valence-corrected chi connectivity index (χ4v) is 5.42. The van der Waals surface area contributed by atoms with Gasteiger partial charge in [0.25, 0.3) is 5.91 Å². The highest BCUT2D eigenvalue weighted by molar-refractivity contribution is 6.01. The Morgan fingerprint density at radius 3 is 2.58 bits per heavy atom. The first-order valence-electron chi connectivity index (χ1n) is 13.9. The molecule has 0 radical (unpaired) electrons. The third kappa shape index (κ3) is 7.05. The quantitative estimate of drug-likeness (QED) is 0.475. The van der Waals surface area contributed by atoms with Crippen molar-refractivity contribution in [1.82, 2.24) is 15.1 Å². The van der Waals surface area contributed by atoms with E-state index in [1.54, 1.807) is 23.1 Å². The number of ether oxygens (including phenoxy) is 1. The van der Waals surface area contributed by atoms with E-state index in [0.717, 1.165) is 32.2 Å². The van der Waals surface area contributed by atoms with Crippen molar-refractivity contribution < 1.29 is 19.4 Å². The molecule has 2 aromatic rings. The molecule has 0 saturated heterocycles. The molecule has 38 heavy (non-hydrogen) atoms. The molecule has 1 fully saturated rings. The van der Waals surface area contributed by atoms with Crippen LogP contribution in [0.5, 0.6) is 5.75 Å². The maximum atomic E-state index is 13.7. The second kappa shape index (κ2) is 13.1. The summed E-state index contributed by atoms with van der Waals surface area (Å²) in [6, 6.07) is 15.1. The molecule has 1 saturated carbocycles. The number of anilines is 1. The van der Waals surface area contributed by atoms with Crippen LogP contribution in [-0.2, 0) is 6.54 Å². The number of para-hydroxylation sites is 1. The fraction of sp³-hybridized carbons (Fsp3) is 0.533. The van der Waals surface area contributed by atoms with Crippen molar-refractivity contribution in [2.75, 3.05) is 32.1 Å². The molecule has 2 aromatic carbocycles. The summed E-state index contributed by atoms with van der Waals surface area (Å²) >= 11 is 0. The number of fused-ring (bicyclic) bond motifs is 1. The molecular weight excluding hydrogens is 480 g/mol. The second-order valence-corrected chi connectivity index (χ2v) is 10.9. The molecule has 206 valence electrons. The Labute approximate surface area is 226 Å². The van der Waals surface area contributed by atoms with Crippen LogP contribution < -0.4 is 15.4 Å². The number of amides is 3. The molecule has 1 heterocycles. The largest absolute Gasteiger partial charge is 0.486 e. The Bertz CT molecular complexity index is 1070. The molecule has 0 bridgehead atoms. The number of nitrogens with one attached hydrogen (secondary N) is 2. The number of carbonyl (C=O) groups is 2. The van der Waals surface area contributed by atoms with E-state index in [-0.39, 0.29) is 42.7 Å². The van der Waals surface area contributed by atoms with E-state index < -0.39 is 0 Å². The minimum Gasteiger partial charge on any atom is -0.486 e. The average Bonchev–Trinajstić information content (AvgIpc) is 2.91. The number of rotatable bonds is 8. The van der Waals surface area contributed by atoms with Gasteiger partial charge in [0.05, 0.1) is 23.9 Å². The Balaban J connectivity index is 1.60. The first-order valence-corrected chi connectivity index (χ1v) is 13.9. The van der Waals surface area contributed by atoms with Crippen LogP contribution in [0.15, 0.2) is 48.5 Å². The molecule has 3 atom stereocenters. The van der Waals surface area contributed by atoms with E-state index in [1.807, 2.05) is 25.1 Å². The normalized spacial score (nSPS) is 21.2. The fourth-order valence-electron chi connectivity index (χ4n) is 5.42. The molecule has 8 heteroatoms. The molecule has 0 aromatic heterocycles. The number of aliphatic hydroxyl groups excluding tert-OH is 1. The van der Waals surface area contributed by atoms with Gasteiger partial charge in [-0.1, -0.05) is 62.6 Å². The summed E-state index contributed by atoms with van der Waals surface area (Å²) in [7, 11) is 2.06. The SMILES string of the molecule is C[C@H](CO)N1C[C@H](C)[C@H](CN(C)Cc2ccccc2)Oc2c(NC(=O)NC3CCCCC3)cccc2C1=O. The Kier molecular flexibility index (Phi) is 9.63. The van der Waals surface area contributed by atoms with Crippen molar-refractivity contribution in [3.05, 3.63) is 59.7 Å². The van der Waals surface area contributed by atoms with Gasteiger partial charge in [0.1, 0.15) is 6.10 Å². The summed E-state index contributed by atoms with van der Waals surface area (Å²) in [5.74, 6) is 0.167. The van der Waals surface area contributed by atoms with Crippen molar-refractivity contribution in [3.8, 4) is 5.75 Å². The monoisotopic (exact) mass is 522 g/mol. The number of nitrogens with zero attached hydrogens (tertiary/aromatic N) is 2. The van der Waals surface area contributed by atoms with Crippen molar-refractivity contribution in [3.63, 3.8) is 0 Å². The second-order valence-electron chi connectivity index (χ2n) is 10.9. The summed E-state index contributed by atoms with van der Waals surface area (Å²) in [6.45, 7) is 5.65. The van der Waals surface area contributed by atoms with E-state index in [1.165, 1.54) is 12.0 Å². The van der Waals surface area contributed by atoms with Crippen LogP contribution in [0.3, 0.4) is 0 Å². The van der Waals surface area contributed by atoms with E-state index in [9.17, 15) is 14.7 Å². The summed E-state index contributed by atoms with van der Waals surface area (Å²) in [5, 5.41) is 16.0. The van der Waals surface area contributed by atoms with Crippen LogP contribution in [0.1, 0.15) is 61.9 Å². The number of aliphatic hydroxyl groups is 1. The molecule has 0 spiro atoms. The molecule has 4 rings (SSSR count). The number of benzene rings is 2. The number of hydrogen-bond donors (Lipinski definition) is 3. The molecule has 3 amide bonds. The zero-order valence-corrected chi connectivity index (χ0v) is 22.9. The zero-order chi connectivity index (χ0) is 27.1. The Hall–Kier alpha value is -3.10. The smallest absolute Gasteiger partial charge is 0.319 e. The van der Waals surface area contributed by atoms with Crippen molar-refractivity contribution in [2.45, 2.75) is 70.7 Å². The van der Waals surface area contributed by atoms with Crippen LogP contribution in [0.4, 0.5) is 10.5 Å². The Morgan fingerprint density at radius 2 is 1.87 bits per heavy atom. The van der Waals surface area contributed by atoms with Gasteiger partial charge in [-0.15, -0.1) is 0 Å². The summed E-state index contributed by atoms with van der Waals surface area (Å²) < 4.78 is 6.62. The predicted molar refractivity (Wildman–Crippen MR) is 149 cm³/mol. The zero-order valence-electron chi connectivity index (χ0n) is 22.9. The first kappa shape index (κ1) is 27.9. The van der Waals surface area contributed by atoms with Gasteiger partial charge >= 0.3 is 6.03 Å². The highest BCUT2D eigenvalue weighted by Crippen LogP contribution is 2.35. The van der Waals surface area contributed by atoms with E-state index in [4.69, 9.17) is 4.74 Å². The van der Waals surface area contributed by atoms with E-state index >= 15 is 0 Å². The number of urea groups is 1. The lowest BCUT2D eigenvalue weighted by atomic mass is 9.96. The predicted octanol–water partition coefficient (Wildman–Crippen LogP) is 4.49. The van der Waals surface area contributed by atoms with Crippen molar-refractivity contribution >= 4 is 17.6 Å². The van der Waals surface area contributed by atoms with Crippen LogP contribution >= 0.6 is 0 Å². The van der Waals surface area contributed by atoms with Crippen molar-refractivity contribution in [1.29, 1.82) is 0 Å². The van der Waals surface area contributed by atoms with Gasteiger partial charge in [-0.05, 0) is 44.5 Å². The Morgan fingerprint density at radius 1 is 1.13 bits per heavy atom. The molecule has 1 aliphatic carbocycles. The van der Waals surface area contributed by atoms with Gasteiger partial charge < -0.3 is 25.4 Å². The van der Waals surface area contributed by atoms with Gasteiger partial charge in [0.15, 0.2) is 5.75 Å². The molecule has 1 aliphatic heterocycles. The highest BCUT2D eigenvalue weighted by Gasteiger charge is 2.34. The van der Waals surface area contributed by atoms with Gasteiger partial charge in [-0.3, -0.25) is 9.69 Å². The molecule has 3 N–H and O–H groups in total. The summed E-state index contributed by atoms with van der Waals surface area (Å²) in [6.07, 6.45) is 5.18. The topological polar surface area (TPSA) is 94.1 Å².